The molecule has 0 aromatic heterocycles. The summed E-state index contributed by atoms with van der Waals surface area (Å²) in [5, 5.41) is 6.68. The maximum atomic E-state index is 5.34. The lowest BCUT2D eigenvalue weighted by Crippen LogP contribution is -2.37. The lowest BCUT2D eigenvalue weighted by Gasteiger charge is -2.18. The van der Waals surface area contributed by atoms with Crippen LogP contribution in [0.5, 0.6) is 0 Å². The van der Waals surface area contributed by atoms with Gasteiger partial charge in [0.2, 0.25) is 0 Å². The highest BCUT2D eigenvalue weighted by Crippen LogP contribution is 2.08. The van der Waals surface area contributed by atoms with E-state index in [4.69, 9.17) is 4.74 Å². The Morgan fingerprint density at radius 3 is 2.48 bits per heavy atom. The molecule has 0 saturated heterocycles. The molecule has 0 aliphatic rings. The molecule has 0 atom stereocenters. The van der Waals surface area contributed by atoms with Gasteiger partial charge in [-0.1, -0.05) is 38.1 Å². The summed E-state index contributed by atoms with van der Waals surface area (Å²) in [5.74, 6) is 0.834. The van der Waals surface area contributed by atoms with Crippen LogP contribution in [0.4, 0.5) is 0 Å². The average molecular weight is 462 g/mol. The zero-order valence-electron chi connectivity index (χ0n) is 16.2. The van der Waals surface area contributed by atoms with Gasteiger partial charge in [-0.05, 0) is 37.6 Å². The molecule has 1 rings (SSSR count). The van der Waals surface area contributed by atoms with E-state index in [1.165, 1.54) is 11.1 Å². The van der Waals surface area contributed by atoms with E-state index in [0.717, 1.165) is 58.3 Å². The number of nitrogens with one attached hydrogen (secondary N) is 2. The summed E-state index contributed by atoms with van der Waals surface area (Å²) in [7, 11) is 1.80. The van der Waals surface area contributed by atoms with Crippen molar-refractivity contribution in [3.63, 3.8) is 0 Å². The predicted molar refractivity (Wildman–Crippen MR) is 118 cm³/mol. The summed E-state index contributed by atoms with van der Waals surface area (Å²) in [5.41, 5.74) is 2.63. The first kappa shape index (κ1) is 24.1. The smallest absolute Gasteiger partial charge is 0.191 e. The molecule has 0 unspecified atom stereocenters. The van der Waals surface area contributed by atoms with Crippen molar-refractivity contribution >= 4 is 29.9 Å². The molecular weight excluding hydrogens is 427 g/mol. The van der Waals surface area contributed by atoms with Gasteiger partial charge in [-0.15, -0.1) is 24.0 Å². The molecule has 0 aliphatic heterocycles. The Bertz CT molecular complexity index is 478. The van der Waals surface area contributed by atoms with Crippen molar-refractivity contribution in [2.45, 2.75) is 40.3 Å². The lowest BCUT2D eigenvalue weighted by atomic mass is 10.1. The minimum atomic E-state index is 0. The van der Waals surface area contributed by atoms with E-state index in [-0.39, 0.29) is 24.0 Å². The standard InChI is InChI=1S/C19H34N4O.HI/c1-5-23(6-2)16-18-11-8-10-17(14-18)15-22-19(20-4)21-12-9-13-24-7-3;/h8,10-11,14H,5-7,9,12-13,15-16H2,1-4H3,(H2,20,21,22);1H. The van der Waals surface area contributed by atoms with Crippen LogP contribution in [0.25, 0.3) is 0 Å². The van der Waals surface area contributed by atoms with E-state index < -0.39 is 0 Å². The molecule has 0 bridgehead atoms. The van der Waals surface area contributed by atoms with Crippen molar-refractivity contribution in [1.29, 1.82) is 0 Å². The van der Waals surface area contributed by atoms with Gasteiger partial charge in [0.1, 0.15) is 0 Å². The van der Waals surface area contributed by atoms with Gasteiger partial charge in [-0.3, -0.25) is 9.89 Å². The quantitative estimate of drug-likeness (QED) is 0.230. The van der Waals surface area contributed by atoms with Crippen LogP contribution in [-0.4, -0.2) is 50.8 Å². The maximum Gasteiger partial charge on any atom is 0.191 e. The Morgan fingerprint density at radius 2 is 1.84 bits per heavy atom. The number of ether oxygens (including phenoxy) is 1. The number of aliphatic imine (C=N–C) groups is 1. The molecule has 0 fully saturated rings. The first-order valence-electron chi connectivity index (χ1n) is 9.05. The summed E-state index contributed by atoms with van der Waals surface area (Å²) in [4.78, 5) is 6.69. The van der Waals surface area contributed by atoms with Crippen molar-refractivity contribution in [2.75, 3.05) is 39.9 Å². The minimum Gasteiger partial charge on any atom is -0.382 e. The van der Waals surface area contributed by atoms with Crippen molar-refractivity contribution in [3.8, 4) is 0 Å². The van der Waals surface area contributed by atoms with E-state index >= 15 is 0 Å². The number of hydrogen-bond acceptors (Lipinski definition) is 3. The summed E-state index contributed by atoms with van der Waals surface area (Å²) < 4.78 is 5.34. The molecular formula is C19H35IN4O. The van der Waals surface area contributed by atoms with Gasteiger partial charge in [0.15, 0.2) is 5.96 Å². The van der Waals surface area contributed by atoms with Crippen LogP contribution in [-0.2, 0) is 17.8 Å². The second kappa shape index (κ2) is 15.4. The molecule has 25 heavy (non-hydrogen) atoms. The molecule has 6 heteroatoms. The number of hydrogen-bond donors (Lipinski definition) is 2. The molecule has 2 N–H and O–H groups in total. The Kier molecular flexibility index (Phi) is 14.9. The number of halogens is 1. The molecule has 0 heterocycles. The van der Waals surface area contributed by atoms with Crippen molar-refractivity contribution in [3.05, 3.63) is 35.4 Å². The molecule has 0 radical (unpaired) electrons. The molecule has 0 spiro atoms. The van der Waals surface area contributed by atoms with Crippen LogP contribution in [0.15, 0.2) is 29.3 Å². The Morgan fingerprint density at radius 1 is 1.12 bits per heavy atom. The van der Waals surface area contributed by atoms with Gasteiger partial charge < -0.3 is 15.4 Å². The molecule has 0 saturated carbocycles. The van der Waals surface area contributed by atoms with Crippen LogP contribution in [0.1, 0.15) is 38.3 Å². The van der Waals surface area contributed by atoms with E-state index in [2.05, 4.69) is 58.6 Å². The zero-order chi connectivity index (χ0) is 17.6. The first-order valence-corrected chi connectivity index (χ1v) is 9.05. The predicted octanol–water partition coefficient (Wildman–Crippen LogP) is 3.24. The van der Waals surface area contributed by atoms with Crippen LogP contribution < -0.4 is 10.6 Å². The monoisotopic (exact) mass is 462 g/mol. The Labute approximate surface area is 170 Å². The summed E-state index contributed by atoms with van der Waals surface area (Å²) in [6, 6.07) is 8.76. The second-order valence-electron chi connectivity index (χ2n) is 5.68. The van der Waals surface area contributed by atoms with Gasteiger partial charge in [-0.25, -0.2) is 0 Å². The van der Waals surface area contributed by atoms with Gasteiger partial charge in [-0.2, -0.15) is 0 Å². The maximum absolute atomic E-state index is 5.34. The highest BCUT2D eigenvalue weighted by molar-refractivity contribution is 14.0. The van der Waals surface area contributed by atoms with Crippen LogP contribution >= 0.6 is 24.0 Å². The molecule has 5 nitrogen and oxygen atoms in total. The summed E-state index contributed by atoms with van der Waals surface area (Å²) >= 11 is 0. The third-order valence-corrected chi connectivity index (χ3v) is 3.94. The largest absolute Gasteiger partial charge is 0.382 e. The van der Waals surface area contributed by atoms with E-state index in [1.807, 2.05) is 6.92 Å². The van der Waals surface area contributed by atoms with Crippen LogP contribution in [0.3, 0.4) is 0 Å². The number of benzene rings is 1. The Hall–Kier alpha value is -0.860. The average Bonchev–Trinajstić information content (AvgIpc) is 2.62. The number of nitrogens with zero attached hydrogens (tertiary/aromatic N) is 2. The summed E-state index contributed by atoms with van der Waals surface area (Å²) in [6.07, 6.45) is 0.980. The van der Waals surface area contributed by atoms with Crippen molar-refractivity contribution < 1.29 is 4.74 Å². The molecule has 1 aromatic rings. The van der Waals surface area contributed by atoms with Crippen LogP contribution in [0.2, 0.25) is 0 Å². The highest BCUT2D eigenvalue weighted by atomic mass is 127. The van der Waals surface area contributed by atoms with Gasteiger partial charge >= 0.3 is 0 Å². The Balaban J connectivity index is 0.00000576. The first-order chi connectivity index (χ1) is 11.7. The van der Waals surface area contributed by atoms with Crippen molar-refractivity contribution in [1.82, 2.24) is 15.5 Å². The number of guanidine groups is 1. The molecule has 144 valence electrons. The third-order valence-electron chi connectivity index (χ3n) is 3.94. The van der Waals surface area contributed by atoms with E-state index in [1.54, 1.807) is 7.05 Å². The fourth-order valence-corrected chi connectivity index (χ4v) is 2.48. The van der Waals surface area contributed by atoms with Crippen molar-refractivity contribution in [2.24, 2.45) is 4.99 Å². The zero-order valence-corrected chi connectivity index (χ0v) is 18.5. The third kappa shape index (κ3) is 10.7. The van der Waals surface area contributed by atoms with Gasteiger partial charge in [0, 0.05) is 39.9 Å². The fraction of sp³-hybridized carbons (Fsp3) is 0.632. The summed E-state index contributed by atoms with van der Waals surface area (Å²) in [6.45, 7) is 12.8. The van der Waals surface area contributed by atoms with E-state index in [9.17, 15) is 0 Å². The normalized spacial score (nSPS) is 11.3. The molecule has 0 amide bonds. The number of rotatable bonds is 11. The van der Waals surface area contributed by atoms with Gasteiger partial charge in [0.05, 0.1) is 0 Å². The molecule has 0 aliphatic carbocycles. The highest BCUT2D eigenvalue weighted by Gasteiger charge is 2.03. The van der Waals surface area contributed by atoms with Gasteiger partial charge in [0.25, 0.3) is 0 Å². The minimum absolute atomic E-state index is 0. The van der Waals surface area contributed by atoms with E-state index in [0.29, 0.717) is 0 Å². The fourth-order valence-electron chi connectivity index (χ4n) is 2.48. The topological polar surface area (TPSA) is 48.9 Å². The second-order valence-corrected chi connectivity index (χ2v) is 5.68. The SMILES string of the molecule is CCOCCCNC(=NC)NCc1cccc(CN(CC)CC)c1.I. The lowest BCUT2D eigenvalue weighted by molar-refractivity contribution is 0.145. The molecule has 1 aromatic carbocycles. The van der Waals surface area contributed by atoms with Crippen LogP contribution in [0, 0.1) is 0 Å².